The minimum Gasteiger partial charge on any atom is -0.283 e. The van der Waals surface area contributed by atoms with E-state index in [9.17, 15) is 4.79 Å². The van der Waals surface area contributed by atoms with Crippen LogP contribution in [0, 0.1) is 18.8 Å². The number of piperidine rings is 1. The van der Waals surface area contributed by atoms with Crippen LogP contribution in [-0.4, -0.2) is 39.5 Å². The molecule has 3 aromatic rings. The lowest BCUT2D eigenvalue weighted by Crippen LogP contribution is -2.45. The summed E-state index contributed by atoms with van der Waals surface area (Å²) in [6.07, 6.45) is 4.07. The second kappa shape index (κ2) is 11.3. The van der Waals surface area contributed by atoms with E-state index in [0.29, 0.717) is 21.4 Å². The van der Waals surface area contributed by atoms with E-state index in [2.05, 4.69) is 29.9 Å². The Morgan fingerprint density at radius 3 is 2.53 bits per heavy atom. The fourth-order valence-corrected chi connectivity index (χ4v) is 4.61. The largest absolute Gasteiger partial charge is 0.286 e. The Morgan fingerprint density at radius 1 is 1.12 bits per heavy atom. The zero-order valence-electron chi connectivity index (χ0n) is 18.9. The van der Waals surface area contributed by atoms with Crippen LogP contribution in [0.25, 0.3) is 16.9 Å². The van der Waals surface area contributed by atoms with Crippen LogP contribution in [-0.2, 0) is 0 Å². The van der Waals surface area contributed by atoms with Gasteiger partial charge in [0, 0.05) is 47.0 Å². The molecule has 1 N–H and O–H groups in total. The standard InChI is InChI=1S/C26H26Cl2N4OS/c1-18-24(26(33)30-31-14-4-2-5-15-31)29-32(23-13-12-21(27)17-22(23)28)25(18)20-10-8-19(9-11-20)7-3-6-16-34/h8-13,17,34H,2,4-6,14-16H2,1H3,(H,30,33). The zero-order chi connectivity index (χ0) is 24.1. The lowest BCUT2D eigenvalue weighted by molar-refractivity contribution is 0.0743. The van der Waals surface area contributed by atoms with Crippen LogP contribution in [0.5, 0.6) is 0 Å². The SMILES string of the molecule is Cc1c(C(=O)NN2CCCCC2)nn(-c2ccc(Cl)cc2Cl)c1-c1ccc(C#CCCS)cc1. The van der Waals surface area contributed by atoms with Crippen LogP contribution < -0.4 is 5.43 Å². The Balaban J connectivity index is 1.76. The van der Waals surface area contributed by atoms with Gasteiger partial charge in [-0.25, -0.2) is 9.69 Å². The average molecular weight is 513 g/mol. The molecular weight excluding hydrogens is 487 g/mol. The second-order valence-electron chi connectivity index (χ2n) is 8.17. The first-order valence-corrected chi connectivity index (χ1v) is 12.7. The third-order valence-electron chi connectivity index (χ3n) is 5.72. The summed E-state index contributed by atoms with van der Waals surface area (Å²) in [7, 11) is 0. The van der Waals surface area contributed by atoms with Crippen molar-refractivity contribution in [2.75, 3.05) is 18.8 Å². The van der Waals surface area contributed by atoms with Gasteiger partial charge < -0.3 is 0 Å². The number of carbonyl (C=O) groups is 1. The van der Waals surface area contributed by atoms with Gasteiger partial charge in [0.15, 0.2) is 5.69 Å². The van der Waals surface area contributed by atoms with Gasteiger partial charge in [-0.2, -0.15) is 17.7 Å². The van der Waals surface area contributed by atoms with E-state index in [1.165, 1.54) is 6.42 Å². The number of halogens is 2. The Labute approximate surface area is 215 Å². The maximum atomic E-state index is 13.2. The van der Waals surface area contributed by atoms with Crippen molar-refractivity contribution >= 4 is 41.7 Å². The zero-order valence-corrected chi connectivity index (χ0v) is 21.4. The molecule has 1 saturated heterocycles. The maximum absolute atomic E-state index is 13.2. The first-order valence-electron chi connectivity index (χ1n) is 11.3. The molecule has 8 heteroatoms. The van der Waals surface area contributed by atoms with Crippen molar-refractivity contribution in [3.8, 4) is 28.8 Å². The number of rotatable bonds is 5. The molecule has 1 amide bonds. The number of benzene rings is 2. The Hall–Kier alpha value is -2.43. The Bertz CT molecular complexity index is 1240. The number of aromatic nitrogens is 2. The normalized spacial score (nSPS) is 13.9. The molecule has 5 nitrogen and oxygen atoms in total. The van der Waals surface area contributed by atoms with E-state index in [-0.39, 0.29) is 5.91 Å². The number of hydrogen-bond donors (Lipinski definition) is 2. The van der Waals surface area contributed by atoms with Crippen molar-refractivity contribution in [1.29, 1.82) is 0 Å². The van der Waals surface area contributed by atoms with Gasteiger partial charge in [-0.3, -0.25) is 10.2 Å². The summed E-state index contributed by atoms with van der Waals surface area (Å²) < 4.78 is 1.72. The van der Waals surface area contributed by atoms with Crippen LogP contribution in [0.2, 0.25) is 10.0 Å². The third kappa shape index (κ3) is 5.61. The number of nitrogens with zero attached hydrogens (tertiary/aromatic N) is 3. The molecule has 0 radical (unpaired) electrons. The van der Waals surface area contributed by atoms with E-state index in [4.69, 9.17) is 28.3 Å². The highest BCUT2D eigenvalue weighted by Gasteiger charge is 2.24. The van der Waals surface area contributed by atoms with Crippen LogP contribution >= 0.6 is 35.8 Å². The minimum atomic E-state index is -0.223. The van der Waals surface area contributed by atoms with Gasteiger partial charge >= 0.3 is 0 Å². The molecule has 1 fully saturated rings. The molecular formula is C26H26Cl2N4OS. The lowest BCUT2D eigenvalue weighted by atomic mass is 10.0. The Kier molecular flexibility index (Phi) is 8.23. The fraction of sp³-hybridized carbons (Fsp3) is 0.308. The van der Waals surface area contributed by atoms with Crippen LogP contribution in [0.4, 0.5) is 0 Å². The molecule has 1 aliphatic heterocycles. The molecule has 2 aromatic carbocycles. The van der Waals surface area contributed by atoms with E-state index >= 15 is 0 Å². The van der Waals surface area contributed by atoms with Crippen molar-refractivity contribution in [1.82, 2.24) is 20.2 Å². The number of hydrogen-bond acceptors (Lipinski definition) is 4. The molecule has 0 aliphatic carbocycles. The first-order chi connectivity index (χ1) is 16.5. The summed E-state index contributed by atoms with van der Waals surface area (Å²) in [6, 6.07) is 13.2. The molecule has 1 aromatic heterocycles. The molecule has 2 heterocycles. The van der Waals surface area contributed by atoms with E-state index in [1.54, 1.807) is 16.8 Å². The predicted molar refractivity (Wildman–Crippen MR) is 142 cm³/mol. The van der Waals surface area contributed by atoms with Crippen LogP contribution in [0.15, 0.2) is 42.5 Å². The van der Waals surface area contributed by atoms with Crippen molar-refractivity contribution in [3.63, 3.8) is 0 Å². The van der Waals surface area contributed by atoms with E-state index < -0.39 is 0 Å². The van der Waals surface area contributed by atoms with Gasteiger partial charge in [0.05, 0.1) is 16.4 Å². The monoisotopic (exact) mass is 512 g/mol. The molecule has 34 heavy (non-hydrogen) atoms. The highest BCUT2D eigenvalue weighted by molar-refractivity contribution is 7.80. The summed E-state index contributed by atoms with van der Waals surface area (Å²) in [5, 5.41) is 7.67. The molecule has 176 valence electrons. The Morgan fingerprint density at radius 2 is 1.85 bits per heavy atom. The lowest BCUT2D eigenvalue weighted by Gasteiger charge is -2.26. The molecule has 0 spiro atoms. The fourth-order valence-electron chi connectivity index (χ4n) is 4.01. The topological polar surface area (TPSA) is 50.2 Å². The summed E-state index contributed by atoms with van der Waals surface area (Å²) in [4.78, 5) is 13.2. The number of hydrazine groups is 1. The molecule has 0 unspecified atom stereocenters. The second-order valence-corrected chi connectivity index (χ2v) is 9.46. The van der Waals surface area contributed by atoms with Gasteiger partial charge in [0.25, 0.3) is 5.91 Å². The highest BCUT2D eigenvalue weighted by Crippen LogP contribution is 2.33. The van der Waals surface area contributed by atoms with Crippen molar-refractivity contribution in [2.24, 2.45) is 0 Å². The van der Waals surface area contributed by atoms with Crippen LogP contribution in [0.1, 0.15) is 47.3 Å². The van der Waals surface area contributed by atoms with Crippen molar-refractivity contribution in [2.45, 2.75) is 32.6 Å². The van der Waals surface area contributed by atoms with Gasteiger partial charge in [0.1, 0.15) is 0 Å². The molecule has 0 bridgehead atoms. The van der Waals surface area contributed by atoms with Gasteiger partial charge in [0.2, 0.25) is 0 Å². The van der Waals surface area contributed by atoms with Crippen molar-refractivity contribution < 1.29 is 4.79 Å². The summed E-state index contributed by atoms with van der Waals surface area (Å²) >= 11 is 16.9. The van der Waals surface area contributed by atoms with Gasteiger partial charge in [-0.05, 0) is 50.1 Å². The number of carbonyl (C=O) groups excluding carboxylic acids is 1. The molecule has 1 aliphatic rings. The number of nitrogens with one attached hydrogen (secondary N) is 1. The molecule has 0 atom stereocenters. The highest BCUT2D eigenvalue weighted by atomic mass is 35.5. The summed E-state index contributed by atoms with van der Waals surface area (Å²) in [6.45, 7) is 3.60. The smallest absolute Gasteiger partial charge is 0.283 e. The van der Waals surface area contributed by atoms with E-state index in [0.717, 1.165) is 60.5 Å². The number of amides is 1. The minimum absolute atomic E-state index is 0.223. The van der Waals surface area contributed by atoms with Crippen LogP contribution in [0.3, 0.4) is 0 Å². The first kappa shape index (κ1) is 24.7. The maximum Gasteiger partial charge on any atom is 0.286 e. The molecule has 4 rings (SSSR count). The molecule has 0 saturated carbocycles. The third-order valence-corrected chi connectivity index (χ3v) is 6.48. The average Bonchev–Trinajstić information content (AvgIpc) is 3.17. The number of thiol groups is 1. The van der Waals surface area contributed by atoms with Gasteiger partial charge in [-0.15, -0.1) is 0 Å². The predicted octanol–water partition coefficient (Wildman–Crippen LogP) is 5.96. The van der Waals surface area contributed by atoms with Crippen molar-refractivity contribution in [3.05, 3.63) is 69.3 Å². The summed E-state index contributed by atoms with van der Waals surface area (Å²) in [5.74, 6) is 6.75. The summed E-state index contributed by atoms with van der Waals surface area (Å²) in [5.41, 5.74) is 7.43. The van der Waals surface area contributed by atoms with E-state index in [1.807, 2.05) is 42.3 Å². The van der Waals surface area contributed by atoms with Gasteiger partial charge in [-0.1, -0.05) is 53.6 Å². The quantitative estimate of drug-likeness (QED) is 0.327.